The topological polar surface area (TPSA) is 75.1 Å². The third kappa shape index (κ3) is 3.06. The number of hydrogen-bond donors (Lipinski definition) is 2. The molecule has 0 spiro atoms. The number of rotatable bonds is 4. The van der Waals surface area contributed by atoms with E-state index < -0.39 is 0 Å². The SMILES string of the molecule is O=C(CSc1n[nH]c2nc3ccccc3n12)Nc1cccc(Cl)c1Cl. The highest BCUT2D eigenvalue weighted by atomic mass is 35.5. The molecule has 4 aromatic rings. The van der Waals surface area contributed by atoms with E-state index in [-0.39, 0.29) is 11.7 Å². The molecule has 9 heteroatoms. The monoisotopic (exact) mass is 391 g/mol. The van der Waals surface area contributed by atoms with Gasteiger partial charge < -0.3 is 5.32 Å². The molecule has 0 aliphatic carbocycles. The van der Waals surface area contributed by atoms with Gasteiger partial charge in [-0.3, -0.25) is 9.20 Å². The van der Waals surface area contributed by atoms with Gasteiger partial charge in [-0.15, -0.1) is 5.10 Å². The Balaban J connectivity index is 1.52. The minimum atomic E-state index is -0.199. The van der Waals surface area contributed by atoms with Crippen LogP contribution in [0.3, 0.4) is 0 Å². The summed E-state index contributed by atoms with van der Waals surface area (Å²) < 4.78 is 1.89. The van der Waals surface area contributed by atoms with Crippen molar-refractivity contribution in [2.24, 2.45) is 0 Å². The van der Waals surface area contributed by atoms with E-state index >= 15 is 0 Å². The van der Waals surface area contributed by atoms with Crippen molar-refractivity contribution >= 4 is 63.4 Å². The maximum Gasteiger partial charge on any atom is 0.234 e. The number of benzene rings is 2. The number of hydrogen-bond acceptors (Lipinski definition) is 4. The molecule has 0 saturated carbocycles. The Morgan fingerprint density at radius 2 is 2.04 bits per heavy atom. The van der Waals surface area contributed by atoms with Gasteiger partial charge in [-0.05, 0) is 24.3 Å². The van der Waals surface area contributed by atoms with Crippen molar-refractivity contribution in [2.75, 3.05) is 11.1 Å². The number of anilines is 1. The molecule has 0 bridgehead atoms. The molecule has 0 aliphatic rings. The largest absolute Gasteiger partial charge is 0.324 e. The predicted octanol–water partition coefficient (Wildman–Crippen LogP) is 4.25. The van der Waals surface area contributed by atoms with Crippen molar-refractivity contribution in [1.82, 2.24) is 19.6 Å². The number of fused-ring (bicyclic) bond motifs is 3. The molecule has 2 aromatic carbocycles. The number of thioether (sulfide) groups is 1. The third-order valence-corrected chi connectivity index (χ3v) is 5.32. The Bertz CT molecular complexity index is 1090. The van der Waals surface area contributed by atoms with Crippen LogP contribution in [0.4, 0.5) is 5.69 Å². The Labute approximate surface area is 156 Å². The van der Waals surface area contributed by atoms with Crippen LogP contribution in [-0.2, 0) is 4.79 Å². The standard InChI is InChI=1S/C16H11Cl2N5OS/c17-9-4-3-6-11(14(9)18)19-13(24)8-25-16-22-21-15-20-10-5-1-2-7-12(10)23(15)16/h1-7H,8H2,(H,19,24)(H,20,21). The van der Waals surface area contributed by atoms with Crippen molar-refractivity contribution in [2.45, 2.75) is 5.16 Å². The number of aromatic nitrogens is 4. The number of imidazole rings is 1. The van der Waals surface area contributed by atoms with Gasteiger partial charge in [0.1, 0.15) is 0 Å². The summed E-state index contributed by atoms with van der Waals surface area (Å²) in [7, 11) is 0. The van der Waals surface area contributed by atoms with Gasteiger partial charge in [-0.2, -0.15) is 0 Å². The summed E-state index contributed by atoms with van der Waals surface area (Å²) in [6.45, 7) is 0. The highest BCUT2D eigenvalue weighted by molar-refractivity contribution is 7.99. The fourth-order valence-electron chi connectivity index (χ4n) is 2.46. The molecule has 0 aliphatic heterocycles. The lowest BCUT2D eigenvalue weighted by atomic mass is 10.3. The van der Waals surface area contributed by atoms with Gasteiger partial charge in [-0.25, -0.2) is 10.1 Å². The molecule has 2 N–H and O–H groups in total. The summed E-state index contributed by atoms with van der Waals surface area (Å²) in [5.74, 6) is 0.617. The lowest BCUT2D eigenvalue weighted by molar-refractivity contribution is -0.113. The number of nitrogens with one attached hydrogen (secondary N) is 2. The lowest BCUT2D eigenvalue weighted by Crippen LogP contribution is -2.14. The highest BCUT2D eigenvalue weighted by Gasteiger charge is 2.14. The van der Waals surface area contributed by atoms with Gasteiger partial charge in [0.05, 0.1) is 32.5 Å². The van der Waals surface area contributed by atoms with E-state index in [1.165, 1.54) is 11.8 Å². The van der Waals surface area contributed by atoms with Crippen LogP contribution < -0.4 is 5.32 Å². The number of H-pyrrole nitrogens is 1. The molecule has 2 aromatic heterocycles. The van der Waals surface area contributed by atoms with E-state index in [2.05, 4.69) is 20.5 Å². The van der Waals surface area contributed by atoms with Crippen LogP contribution in [0, 0.1) is 0 Å². The second-order valence-electron chi connectivity index (χ2n) is 5.20. The summed E-state index contributed by atoms with van der Waals surface area (Å²) >= 11 is 13.3. The number of para-hydroxylation sites is 2. The fraction of sp³-hybridized carbons (Fsp3) is 0.0625. The molecule has 126 valence electrons. The van der Waals surface area contributed by atoms with Gasteiger partial charge in [0.15, 0.2) is 5.16 Å². The zero-order chi connectivity index (χ0) is 17.4. The van der Waals surface area contributed by atoms with Crippen LogP contribution >= 0.6 is 35.0 Å². The van der Waals surface area contributed by atoms with Crippen molar-refractivity contribution in [3.8, 4) is 0 Å². The lowest BCUT2D eigenvalue weighted by Gasteiger charge is -2.07. The quantitative estimate of drug-likeness (QED) is 0.510. The Hall–Kier alpha value is -2.22. The van der Waals surface area contributed by atoms with Crippen molar-refractivity contribution in [1.29, 1.82) is 0 Å². The van der Waals surface area contributed by atoms with E-state index in [1.54, 1.807) is 18.2 Å². The first kappa shape index (κ1) is 16.3. The summed E-state index contributed by atoms with van der Waals surface area (Å²) in [5.41, 5.74) is 2.29. The summed E-state index contributed by atoms with van der Waals surface area (Å²) in [4.78, 5) is 16.7. The summed E-state index contributed by atoms with van der Waals surface area (Å²) in [6, 6.07) is 12.8. The van der Waals surface area contributed by atoms with Crippen LogP contribution in [0.1, 0.15) is 0 Å². The zero-order valence-corrected chi connectivity index (χ0v) is 15.0. The highest BCUT2D eigenvalue weighted by Crippen LogP contribution is 2.30. The number of aromatic amines is 1. The molecule has 2 heterocycles. The number of carbonyl (C=O) groups is 1. The number of carbonyl (C=O) groups excluding carboxylic acids is 1. The number of amides is 1. The summed E-state index contributed by atoms with van der Waals surface area (Å²) in [5, 5.41) is 11.2. The molecule has 25 heavy (non-hydrogen) atoms. The maximum atomic E-state index is 12.2. The summed E-state index contributed by atoms with van der Waals surface area (Å²) in [6.07, 6.45) is 0. The van der Waals surface area contributed by atoms with Gasteiger partial charge in [-0.1, -0.05) is 53.2 Å². The second-order valence-corrected chi connectivity index (χ2v) is 6.93. The predicted molar refractivity (Wildman–Crippen MR) is 101 cm³/mol. The molecule has 0 atom stereocenters. The van der Waals surface area contributed by atoms with Gasteiger partial charge >= 0.3 is 0 Å². The number of nitrogens with zero attached hydrogens (tertiary/aromatic N) is 3. The van der Waals surface area contributed by atoms with E-state index in [9.17, 15) is 4.79 Å². The van der Waals surface area contributed by atoms with Crippen molar-refractivity contribution in [3.05, 3.63) is 52.5 Å². The van der Waals surface area contributed by atoms with E-state index in [0.717, 1.165) is 11.0 Å². The third-order valence-electron chi connectivity index (χ3n) is 3.56. The first-order chi connectivity index (χ1) is 12.1. The second kappa shape index (κ2) is 6.59. The average molecular weight is 392 g/mol. The van der Waals surface area contributed by atoms with E-state index in [1.807, 2.05) is 28.7 Å². The van der Waals surface area contributed by atoms with Gasteiger partial charge in [0, 0.05) is 0 Å². The molecule has 6 nitrogen and oxygen atoms in total. The molecule has 4 rings (SSSR count). The normalized spacial score (nSPS) is 11.3. The van der Waals surface area contributed by atoms with Crippen LogP contribution in [0.25, 0.3) is 16.8 Å². The average Bonchev–Trinajstić information content (AvgIpc) is 3.16. The van der Waals surface area contributed by atoms with Crippen molar-refractivity contribution < 1.29 is 4.79 Å². The molecular weight excluding hydrogens is 381 g/mol. The first-order valence-corrected chi connectivity index (χ1v) is 9.06. The fourth-order valence-corrected chi connectivity index (χ4v) is 3.56. The van der Waals surface area contributed by atoms with E-state index in [4.69, 9.17) is 23.2 Å². The Morgan fingerprint density at radius 3 is 2.92 bits per heavy atom. The molecule has 0 unspecified atom stereocenters. The Kier molecular flexibility index (Phi) is 4.29. The van der Waals surface area contributed by atoms with Crippen LogP contribution in [0.5, 0.6) is 0 Å². The van der Waals surface area contributed by atoms with Crippen LogP contribution in [0.2, 0.25) is 10.0 Å². The first-order valence-electron chi connectivity index (χ1n) is 7.32. The minimum Gasteiger partial charge on any atom is -0.324 e. The number of halogens is 2. The van der Waals surface area contributed by atoms with Gasteiger partial charge in [0.25, 0.3) is 0 Å². The smallest absolute Gasteiger partial charge is 0.234 e. The van der Waals surface area contributed by atoms with Crippen molar-refractivity contribution in [3.63, 3.8) is 0 Å². The molecule has 0 saturated heterocycles. The zero-order valence-electron chi connectivity index (χ0n) is 12.7. The molecule has 1 amide bonds. The Morgan fingerprint density at radius 1 is 1.20 bits per heavy atom. The molecular formula is C16H11Cl2N5OS. The molecule has 0 radical (unpaired) electrons. The molecule has 0 fully saturated rings. The minimum absolute atomic E-state index is 0.176. The van der Waals surface area contributed by atoms with Gasteiger partial charge in [0.2, 0.25) is 11.7 Å². The van der Waals surface area contributed by atoms with Crippen LogP contribution in [-0.4, -0.2) is 31.2 Å². The maximum absolute atomic E-state index is 12.2. The van der Waals surface area contributed by atoms with Crippen LogP contribution in [0.15, 0.2) is 47.6 Å². The van der Waals surface area contributed by atoms with E-state index in [0.29, 0.717) is 26.7 Å².